The number of benzene rings is 1. The van der Waals surface area contributed by atoms with E-state index in [4.69, 9.17) is 10.2 Å². The fraction of sp³-hybridized carbons (Fsp3) is 0.200. The topological polar surface area (TPSA) is 89.8 Å². The number of imide groups is 1. The zero-order valence-electron chi connectivity index (χ0n) is 11.7. The molecule has 110 valence electrons. The maximum absolute atomic E-state index is 12.3. The van der Waals surface area contributed by atoms with E-state index in [1.807, 2.05) is 43.4 Å². The van der Waals surface area contributed by atoms with Crippen molar-refractivity contribution in [1.29, 1.82) is 0 Å². The highest BCUT2D eigenvalue weighted by Crippen LogP contribution is 2.10. The van der Waals surface area contributed by atoms with Gasteiger partial charge < -0.3 is 15.1 Å². The van der Waals surface area contributed by atoms with Crippen LogP contribution in [0.5, 0.6) is 0 Å². The average Bonchev–Trinajstić information content (AvgIpc) is 2.92. The van der Waals surface area contributed by atoms with Crippen LogP contribution in [-0.4, -0.2) is 19.0 Å². The fourth-order valence-corrected chi connectivity index (χ4v) is 2.29. The number of carbonyl (C=O) groups excluding carboxylic acids is 2. The van der Waals surface area contributed by atoms with E-state index in [-0.39, 0.29) is 0 Å². The Hall–Kier alpha value is -2.60. The normalized spacial score (nSPS) is 13.4. The predicted octanol–water partition coefficient (Wildman–Crippen LogP) is 0.231. The first-order valence-corrected chi connectivity index (χ1v) is 6.58. The molecule has 0 radical (unpaired) electrons. The molecule has 2 rings (SSSR count). The van der Waals surface area contributed by atoms with E-state index in [1.54, 1.807) is 12.3 Å². The Morgan fingerprint density at radius 1 is 1.24 bits per heavy atom. The maximum atomic E-state index is 12.3. The summed E-state index contributed by atoms with van der Waals surface area (Å²) in [5.74, 6) is 0.332. The highest BCUT2D eigenvalue weighted by molar-refractivity contribution is 5.96. The number of hydrogen-bond donors (Lipinski definition) is 3. The summed E-state index contributed by atoms with van der Waals surface area (Å²) in [6, 6.07) is 11.5. The second-order valence-electron chi connectivity index (χ2n) is 4.80. The van der Waals surface area contributed by atoms with Crippen LogP contribution in [-0.2, 0) is 11.3 Å². The summed E-state index contributed by atoms with van der Waals surface area (Å²) < 4.78 is 5.31. The van der Waals surface area contributed by atoms with Gasteiger partial charge in [-0.05, 0) is 12.1 Å². The standard InChI is InChI=1S/C15H17N3O3/c1-18(10-12-8-5-9-21-12)13(14(19)17-15(16)20)11-6-3-2-4-7-11/h2-9,13H,10H2,1H3,(H3,16,17,19,20)/p+1/t13-/m1/s1. The van der Waals surface area contributed by atoms with Crippen molar-refractivity contribution in [3.8, 4) is 0 Å². The van der Waals surface area contributed by atoms with Crippen molar-refractivity contribution in [2.24, 2.45) is 5.73 Å². The lowest BCUT2D eigenvalue weighted by Crippen LogP contribution is -3.09. The lowest BCUT2D eigenvalue weighted by molar-refractivity contribution is -0.917. The number of nitrogens with two attached hydrogens (primary N) is 1. The van der Waals surface area contributed by atoms with E-state index >= 15 is 0 Å². The fourth-order valence-electron chi connectivity index (χ4n) is 2.29. The summed E-state index contributed by atoms with van der Waals surface area (Å²) in [5.41, 5.74) is 5.85. The Morgan fingerprint density at radius 3 is 2.52 bits per heavy atom. The summed E-state index contributed by atoms with van der Waals surface area (Å²) in [6.45, 7) is 0.513. The van der Waals surface area contributed by atoms with Crippen molar-refractivity contribution in [2.45, 2.75) is 12.6 Å². The van der Waals surface area contributed by atoms with Gasteiger partial charge in [-0.1, -0.05) is 30.3 Å². The van der Waals surface area contributed by atoms with Crippen molar-refractivity contribution in [2.75, 3.05) is 7.05 Å². The lowest BCUT2D eigenvalue weighted by atomic mass is 10.0. The molecule has 6 nitrogen and oxygen atoms in total. The Morgan fingerprint density at radius 2 is 1.95 bits per heavy atom. The second-order valence-corrected chi connectivity index (χ2v) is 4.80. The molecule has 0 aliphatic heterocycles. The number of amides is 3. The van der Waals surface area contributed by atoms with Crippen molar-refractivity contribution in [3.05, 3.63) is 60.1 Å². The summed E-state index contributed by atoms with van der Waals surface area (Å²) in [7, 11) is 1.86. The molecule has 3 amide bonds. The van der Waals surface area contributed by atoms with Crippen molar-refractivity contribution in [1.82, 2.24) is 5.32 Å². The number of carbonyl (C=O) groups is 2. The maximum Gasteiger partial charge on any atom is 0.319 e. The zero-order chi connectivity index (χ0) is 15.2. The highest BCUT2D eigenvalue weighted by atomic mass is 16.3. The van der Waals surface area contributed by atoms with Crippen LogP contribution in [0.25, 0.3) is 0 Å². The van der Waals surface area contributed by atoms with Gasteiger partial charge >= 0.3 is 6.03 Å². The van der Waals surface area contributed by atoms with Crippen LogP contribution in [0.1, 0.15) is 17.4 Å². The van der Waals surface area contributed by atoms with E-state index in [9.17, 15) is 9.59 Å². The molecule has 2 atom stereocenters. The van der Waals surface area contributed by atoms with Crippen LogP contribution < -0.4 is 16.0 Å². The van der Waals surface area contributed by atoms with Gasteiger partial charge in [0.1, 0.15) is 6.54 Å². The first-order chi connectivity index (χ1) is 10.1. The molecular weight excluding hydrogens is 270 g/mol. The van der Waals surface area contributed by atoms with Crippen molar-refractivity contribution < 1.29 is 18.9 Å². The predicted molar refractivity (Wildman–Crippen MR) is 76.2 cm³/mol. The van der Waals surface area contributed by atoms with Crippen LogP contribution in [0, 0.1) is 0 Å². The number of primary amides is 1. The molecule has 0 bridgehead atoms. The van der Waals surface area contributed by atoms with Gasteiger partial charge in [-0.2, -0.15) is 0 Å². The Labute approximate surface area is 122 Å². The summed E-state index contributed by atoms with van der Waals surface area (Å²) >= 11 is 0. The molecule has 0 aliphatic rings. The molecule has 2 aromatic rings. The van der Waals surface area contributed by atoms with E-state index in [0.29, 0.717) is 6.54 Å². The molecule has 6 heteroatoms. The molecule has 0 spiro atoms. The van der Waals surface area contributed by atoms with Gasteiger partial charge in [-0.15, -0.1) is 0 Å². The molecule has 0 aliphatic carbocycles. The van der Waals surface area contributed by atoms with Gasteiger partial charge in [-0.25, -0.2) is 4.79 Å². The largest absolute Gasteiger partial charge is 0.463 e. The minimum atomic E-state index is -0.855. The van der Waals surface area contributed by atoms with Crippen LogP contribution in [0.2, 0.25) is 0 Å². The van der Waals surface area contributed by atoms with Gasteiger partial charge in [0.25, 0.3) is 5.91 Å². The van der Waals surface area contributed by atoms with E-state index < -0.39 is 18.0 Å². The molecule has 1 aromatic heterocycles. The molecule has 0 fully saturated rings. The van der Waals surface area contributed by atoms with Gasteiger partial charge in [0.15, 0.2) is 11.8 Å². The Balaban J connectivity index is 2.22. The van der Waals surface area contributed by atoms with Gasteiger partial charge in [0.05, 0.1) is 13.3 Å². The van der Waals surface area contributed by atoms with Crippen LogP contribution in [0.3, 0.4) is 0 Å². The number of likely N-dealkylation sites (N-methyl/N-ethyl adjacent to an activating group) is 1. The SMILES string of the molecule is C[NH+](Cc1ccco1)[C@@H](C(=O)NC(N)=O)c1ccccc1. The third-order valence-corrected chi connectivity index (χ3v) is 3.17. The lowest BCUT2D eigenvalue weighted by Gasteiger charge is -2.23. The molecular formula is C15H18N3O3+. The summed E-state index contributed by atoms with van der Waals surface area (Å²) in [4.78, 5) is 24.1. The smallest absolute Gasteiger partial charge is 0.319 e. The number of hydrogen-bond acceptors (Lipinski definition) is 3. The molecule has 4 N–H and O–H groups in total. The van der Waals surface area contributed by atoms with Crippen LogP contribution >= 0.6 is 0 Å². The molecule has 1 aromatic carbocycles. The van der Waals surface area contributed by atoms with Crippen LogP contribution in [0.4, 0.5) is 4.79 Å². The van der Waals surface area contributed by atoms with Crippen molar-refractivity contribution in [3.63, 3.8) is 0 Å². The minimum Gasteiger partial charge on any atom is -0.463 e. The third kappa shape index (κ3) is 3.93. The zero-order valence-corrected chi connectivity index (χ0v) is 11.7. The van der Waals surface area contributed by atoms with Crippen LogP contribution in [0.15, 0.2) is 53.1 Å². The van der Waals surface area contributed by atoms with Gasteiger partial charge in [-0.3, -0.25) is 10.1 Å². The average molecular weight is 288 g/mol. The summed E-state index contributed by atoms with van der Waals surface area (Å²) in [5, 5.41) is 2.15. The number of furan rings is 1. The Bertz CT molecular complexity index is 596. The first-order valence-electron chi connectivity index (χ1n) is 6.58. The summed E-state index contributed by atoms with van der Waals surface area (Å²) in [6.07, 6.45) is 1.59. The van der Waals surface area contributed by atoms with E-state index in [0.717, 1.165) is 16.2 Å². The molecule has 0 saturated carbocycles. The minimum absolute atomic E-state index is 0.433. The van der Waals surface area contributed by atoms with E-state index in [1.165, 1.54) is 0 Å². The van der Waals surface area contributed by atoms with Gasteiger partial charge in [0, 0.05) is 5.56 Å². The van der Waals surface area contributed by atoms with Gasteiger partial charge in [0.2, 0.25) is 0 Å². The van der Waals surface area contributed by atoms with E-state index in [2.05, 4.69) is 5.32 Å². The highest BCUT2D eigenvalue weighted by Gasteiger charge is 2.30. The molecule has 1 unspecified atom stereocenters. The third-order valence-electron chi connectivity index (χ3n) is 3.17. The number of quaternary nitrogens is 1. The second kappa shape index (κ2) is 6.71. The first kappa shape index (κ1) is 14.8. The number of urea groups is 1. The molecule has 0 saturated heterocycles. The number of rotatable bonds is 5. The Kier molecular flexibility index (Phi) is 4.73. The molecule has 1 heterocycles. The quantitative estimate of drug-likeness (QED) is 0.735. The molecule has 21 heavy (non-hydrogen) atoms. The van der Waals surface area contributed by atoms with Crippen molar-refractivity contribution >= 4 is 11.9 Å². The monoisotopic (exact) mass is 288 g/mol. The number of nitrogens with one attached hydrogen (secondary N) is 2.